The van der Waals surface area contributed by atoms with E-state index >= 15 is 0 Å². The highest BCUT2D eigenvalue weighted by Gasteiger charge is 2.35. The van der Waals surface area contributed by atoms with Gasteiger partial charge in [-0.1, -0.05) is 11.6 Å². The average molecular weight is 396 g/mol. The smallest absolute Gasteiger partial charge is 0.252 e. The van der Waals surface area contributed by atoms with Gasteiger partial charge in [-0.15, -0.1) is 0 Å². The van der Waals surface area contributed by atoms with Crippen LogP contribution in [0.25, 0.3) is 0 Å². The Kier molecular flexibility index (Phi) is 5.05. The van der Waals surface area contributed by atoms with Gasteiger partial charge in [0, 0.05) is 35.3 Å². The van der Waals surface area contributed by atoms with Crippen molar-refractivity contribution in [3.63, 3.8) is 0 Å². The van der Waals surface area contributed by atoms with Crippen LogP contribution in [0.3, 0.4) is 0 Å². The quantitative estimate of drug-likeness (QED) is 0.797. The molecule has 1 aliphatic rings. The van der Waals surface area contributed by atoms with Crippen LogP contribution in [-0.4, -0.2) is 38.4 Å². The predicted octanol–water partition coefficient (Wildman–Crippen LogP) is 2.48. The molecule has 1 amide bonds. The first-order valence-electron chi connectivity index (χ1n) is 5.92. The van der Waals surface area contributed by atoms with Crippen LogP contribution in [0.15, 0.2) is 18.2 Å². The molecule has 1 aliphatic heterocycles. The van der Waals surface area contributed by atoms with E-state index in [0.717, 1.165) is 9.99 Å². The Hall–Kier alpha value is -0.370. The number of hydrogen-bond acceptors (Lipinski definition) is 3. The van der Waals surface area contributed by atoms with Crippen molar-refractivity contribution in [2.75, 3.05) is 26.9 Å². The SMILES string of the molecule is COC1(CNC(=O)c2cc(Cl)ccc2I)CCOC1. The largest absolute Gasteiger partial charge is 0.378 e. The van der Waals surface area contributed by atoms with E-state index in [1.165, 1.54) is 0 Å². The maximum absolute atomic E-state index is 12.2. The van der Waals surface area contributed by atoms with Gasteiger partial charge in [0.15, 0.2) is 0 Å². The fraction of sp³-hybridized carbons (Fsp3) is 0.462. The van der Waals surface area contributed by atoms with Crippen molar-refractivity contribution in [3.05, 3.63) is 32.4 Å². The fourth-order valence-corrected chi connectivity index (χ4v) is 2.72. The van der Waals surface area contributed by atoms with Gasteiger partial charge in [0.2, 0.25) is 0 Å². The average Bonchev–Trinajstić information content (AvgIpc) is 2.88. The van der Waals surface area contributed by atoms with E-state index in [-0.39, 0.29) is 5.91 Å². The molecule has 0 spiro atoms. The summed E-state index contributed by atoms with van der Waals surface area (Å²) in [5.74, 6) is -0.143. The minimum atomic E-state index is -0.403. The van der Waals surface area contributed by atoms with Gasteiger partial charge < -0.3 is 14.8 Å². The van der Waals surface area contributed by atoms with Gasteiger partial charge in [-0.2, -0.15) is 0 Å². The minimum Gasteiger partial charge on any atom is -0.378 e. The zero-order chi connectivity index (χ0) is 13.9. The number of amides is 1. The van der Waals surface area contributed by atoms with Crippen molar-refractivity contribution in [1.82, 2.24) is 5.32 Å². The summed E-state index contributed by atoms with van der Waals surface area (Å²) in [6, 6.07) is 5.26. The molecule has 1 aromatic carbocycles. The monoisotopic (exact) mass is 395 g/mol. The summed E-state index contributed by atoms with van der Waals surface area (Å²) in [5, 5.41) is 3.45. The summed E-state index contributed by atoms with van der Waals surface area (Å²) < 4.78 is 11.7. The lowest BCUT2D eigenvalue weighted by atomic mass is 10.0. The van der Waals surface area contributed by atoms with Gasteiger partial charge in [0.25, 0.3) is 5.91 Å². The van der Waals surface area contributed by atoms with E-state index in [9.17, 15) is 4.79 Å². The zero-order valence-corrected chi connectivity index (χ0v) is 13.5. The molecule has 4 nitrogen and oxygen atoms in total. The van der Waals surface area contributed by atoms with E-state index in [1.54, 1.807) is 19.2 Å². The van der Waals surface area contributed by atoms with Crippen LogP contribution in [0.2, 0.25) is 5.02 Å². The molecule has 1 unspecified atom stereocenters. The second-order valence-corrected chi connectivity index (χ2v) is 6.10. The summed E-state index contributed by atoms with van der Waals surface area (Å²) in [6.07, 6.45) is 0.788. The van der Waals surface area contributed by atoms with Crippen LogP contribution < -0.4 is 5.32 Å². The Morgan fingerprint density at radius 1 is 1.63 bits per heavy atom. The number of halogens is 2. The standard InChI is InChI=1S/C13H15ClINO3/c1-18-13(4-5-19-8-13)7-16-12(17)10-6-9(14)2-3-11(10)15/h2-3,6H,4-5,7-8H2,1H3,(H,16,17). The number of carbonyl (C=O) groups excluding carboxylic acids is 1. The topological polar surface area (TPSA) is 47.6 Å². The highest BCUT2D eigenvalue weighted by atomic mass is 127. The molecule has 1 N–H and O–H groups in total. The van der Waals surface area contributed by atoms with Crippen LogP contribution in [-0.2, 0) is 9.47 Å². The molecule has 0 saturated carbocycles. The van der Waals surface area contributed by atoms with Crippen molar-refractivity contribution in [2.24, 2.45) is 0 Å². The molecule has 1 heterocycles. The van der Waals surface area contributed by atoms with Crippen LogP contribution >= 0.6 is 34.2 Å². The number of benzene rings is 1. The molecule has 6 heteroatoms. The van der Waals surface area contributed by atoms with Crippen molar-refractivity contribution in [2.45, 2.75) is 12.0 Å². The number of carbonyl (C=O) groups is 1. The Morgan fingerprint density at radius 2 is 2.42 bits per heavy atom. The highest BCUT2D eigenvalue weighted by Crippen LogP contribution is 2.22. The van der Waals surface area contributed by atoms with Crippen molar-refractivity contribution < 1.29 is 14.3 Å². The highest BCUT2D eigenvalue weighted by molar-refractivity contribution is 14.1. The second kappa shape index (κ2) is 6.39. The number of methoxy groups -OCH3 is 1. The third-order valence-corrected chi connectivity index (χ3v) is 4.42. The minimum absolute atomic E-state index is 0.143. The molecule has 1 fully saturated rings. The van der Waals surface area contributed by atoms with Crippen LogP contribution in [0, 0.1) is 3.57 Å². The molecule has 19 heavy (non-hydrogen) atoms. The first-order valence-corrected chi connectivity index (χ1v) is 7.38. The normalized spacial score (nSPS) is 22.5. The number of hydrogen-bond donors (Lipinski definition) is 1. The summed E-state index contributed by atoms with van der Waals surface area (Å²) in [5.41, 5.74) is 0.179. The van der Waals surface area contributed by atoms with E-state index in [4.69, 9.17) is 21.1 Å². The molecule has 0 aromatic heterocycles. The Balaban J connectivity index is 2.03. The fourth-order valence-electron chi connectivity index (χ4n) is 1.97. The molecule has 1 saturated heterocycles. The predicted molar refractivity (Wildman–Crippen MR) is 81.7 cm³/mol. The van der Waals surface area contributed by atoms with Gasteiger partial charge in [-0.3, -0.25) is 4.79 Å². The van der Waals surface area contributed by atoms with Gasteiger partial charge in [0.05, 0.1) is 12.2 Å². The lowest BCUT2D eigenvalue weighted by molar-refractivity contribution is -0.0148. The van der Waals surface area contributed by atoms with Crippen molar-refractivity contribution in [1.29, 1.82) is 0 Å². The molecule has 0 radical (unpaired) electrons. The third kappa shape index (κ3) is 3.59. The molecular weight excluding hydrogens is 381 g/mol. The molecule has 0 bridgehead atoms. The van der Waals surface area contributed by atoms with E-state index in [2.05, 4.69) is 27.9 Å². The van der Waals surface area contributed by atoms with Gasteiger partial charge in [-0.05, 0) is 40.8 Å². The Morgan fingerprint density at radius 3 is 3.05 bits per heavy atom. The van der Waals surface area contributed by atoms with Gasteiger partial charge in [-0.25, -0.2) is 0 Å². The first kappa shape index (κ1) is 15.0. The summed E-state index contributed by atoms with van der Waals surface area (Å²) in [6.45, 7) is 1.61. The molecular formula is C13H15ClINO3. The second-order valence-electron chi connectivity index (χ2n) is 4.50. The lowest BCUT2D eigenvalue weighted by Gasteiger charge is -2.26. The summed E-state index contributed by atoms with van der Waals surface area (Å²) in [7, 11) is 1.64. The summed E-state index contributed by atoms with van der Waals surface area (Å²) in [4.78, 5) is 12.2. The Bertz CT molecular complexity index is 475. The number of ether oxygens (including phenoxy) is 2. The van der Waals surface area contributed by atoms with Crippen LogP contribution in [0.5, 0.6) is 0 Å². The first-order chi connectivity index (χ1) is 9.06. The third-order valence-electron chi connectivity index (χ3n) is 3.24. The van der Waals surface area contributed by atoms with Crippen LogP contribution in [0.1, 0.15) is 16.8 Å². The van der Waals surface area contributed by atoms with E-state index < -0.39 is 5.60 Å². The molecule has 0 aliphatic carbocycles. The van der Waals surface area contributed by atoms with Crippen molar-refractivity contribution in [3.8, 4) is 0 Å². The molecule has 1 aromatic rings. The molecule has 2 rings (SSSR count). The maximum atomic E-state index is 12.2. The summed E-state index contributed by atoms with van der Waals surface area (Å²) >= 11 is 8.03. The molecule has 1 atom stereocenters. The van der Waals surface area contributed by atoms with E-state index in [1.807, 2.05) is 6.07 Å². The maximum Gasteiger partial charge on any atom is 0.252 e. The number of rotatable bonds is 4. The van der Waals surface area contributed by atoms with Crippen molar-refractivity contribution >= 4 is 40.1 Å². The zero-order valence-electron chi connectivity index (χ0n) is 10.5. The van der Waals surface area contributed by atoms with Crippen LogP contribution in [0.4, 0.5) is 0 Å². The van der Waals surface area contributed by atoms with Gasteiger partial charge >= 0.3 is 0 Å². The number of nitrogens with one attached hydrogen (secondary N) is 1. The van der Waals surface area contributed by atoms with Gasteiger partial charge in [0.1, 0.15) is 5.60 Å². The Labute approximate surface area is 130 Å². The van der Waals surface area contributed by atoms with E-state index in [0.29, 0.717) is 30.3 Å². The molecule has 104 valence electrons. The lowest BCUT2D eigenvalue weighted by Crippen LogP contribution is -2.45.